The first-order valence-electron chi connectivity index (χ1n) is 5.91. The van der Waals surface area contributed by atoms with Crippen LogP contribution >= 0.6 is 0 Å². The maximum atomic E-state index is 11.6. The lowest BCUT2D eigenvalue weighted by atomic mass is 10.1. The Bertz CT molecular complexity index is 438. The highest BCUT2D eigenvalue weighted by molar-refractivity contribution is 5.78. The first-order valence-corrected chi connectivity index (χ1v) is 5.91. The van der Waals surface area contributed by atoms with E-state index >= 15 is 0 Å². The summed E-state index contributed by atoms with van der Waals surface area (Å²) in [5.74, 6) is -0.0331. The molecule has 18 heavy (non-hydrogen) atoms. The summed E-state index contributed by atoms with van der Waals surface area (Å²) in [6.07, 6.45) is 0. The van der Waals surface area contributed by atoms with Gasteiger partial charge in [-0.1, -0.05) is 12.1 Å². The lowest BCUT2D eigenvalue weighted by molar-refractivity contribution is -0.120. The maximum Gasteiger partial charge on any atom is 0.234 e. The quantitative estimate of drug-likeness (QED) is 0.846. The van der Waals surface area contributed by atoms with Crippen LogP contribution in [0.4, 0.5) is 0 Å². The van der Waals surface area contributed by atoms with Gasteiger partial charge in [-0.25, -0.2) is 0 Å². The summed E-state index contributed by atoms with van der Waals surface area (Å²) in [6.45, 7) is 6.83. The molecule has 1 aromatic rings. The average molecular weight is 245 g/mol. The number of nitrogens with one attached hydrogen (secondary N) is 2. The molecule has 0 heterocycles. The van der Waals surface area contributed by atoms with E-state index in [9.17, 15) is 4.79 Å². The Morgan fingerprint density at radius 1 is 1.28 bits per heavy atom. The van der Waals surface area contributed by atoms with Gasteiger partial charge < -0.3 is 10.6 Å². The minimum atomic E-state index is -0.0637. The highest BCUT2D eigenvalue weighted by Crippen LogP contribution is 2.02. The molecule has 0 fully saturated rings. The molecule has 0 bridgehead atoms. The number of nitriles is 1. The standard InChI is InChI=1S/C14H19N3O/c1-14(2,3)17-10-13(18)16-9-12-6-4-11(8-15)5-7-12/h4-7,17H,9-10H2,1-3H3,(H,16,18). The molecule has 1 rings (SSSR count). The first kappa shape index (κ1) is 14.2. The lowest BCUT2D eigenvalue weighted by Gasteiger charge is -2.20. The second kappa shape index (κ2) is 6.18. The summed E-state index contributed by atoms with van der Waals surface area (Å²) in [6, 6.07) is 9.24. The Morgan fingerprint density at radius 2 is 1.89 bits per heavy atom. The molecular formula is C14H19N3O. The molecule has 0 aliphatic heterocycles. The van der Waals surface area contributed by atoms with Crippen molar-refractivity contribution in [2.45, 2.75) is 32.9 Å². The fraction of sp³-hybridized carbons (Fsp3) is 0.429. The minimum absolute atomic E-state index is 0.0331. The maximum absolute atomic E-state index is 11.6. The van der Waals surface area contributed by atoms with Gasteiger partial charge in [0, 0.05) is 12.1 Å². The molecule has 1 aromatic carbocycles. The Balaban J connectivity index is 2.36. The van der Waals surface area contributed by atoms with Crippen molar-refractivity contribution < 1.29 is 4.79 Å². The predicted octanol–water partition coefficient (Wildman–Crippen LogP) is 1.56. The van der Waals surface area contributed by atoms with Crippen LogP contribution in [0.15, 0.2) is 24.3 Å². The van der Waals surface area contributed by atoms with Gasteiger partial charge >= 0.3 is 0 Å². The van der Waals surface area contributed by atoms with Gasteiger partial charge in [0.15, 0.2) is 0 Å². The summed E-state index contributed by atoms with van der Waals surface area (Å²) in [7, 11) is 0. The number of rotatable bonds is 4. The van der Waals surface area contributed by atoms with E-state index in [1.807, 2.05) is 32.9 Å². The van der Waals surface area contributed by atoms with Crippen LogP contribution in [0, 0.1) is 11.3 Å². The van der Waals surface area contributed by atoms with Crippen molar-refractivity contribution in [1.82, 2.24) is 10.6 Å². The van der Waals surface area contributed by atoms with Crippen molar-refractivity contribution in [3.63, 3.8) is 0 Å². The zero-order valence-electron chi connectivity index (χ0n) is 11.1. The average Bonchev–Trinajstić information content (AvgIpc) is 2.33. The van der Waals surface area contributed by atoms with Crippen molar-refractivity contribution in [3.05, 3.63) is 35.4 Å². The zero-order valence-corrected chi connectivity index (χ0v) is 11.1. The molecule has 0 spiro atoms. The van der Waals surface area contributed by atoms with E-state index in [0.29, 0.717) is 18.7 Å². The van der Waals surface area contributed by atoms with Gasteiger partial charge in [-0.2, -0.15) is 5.26 Å². The third-order valence-electron chi connectivity index (χ3n) is 2.35. The Kier molecular flexibility index (Phi) is 4.87. The molecule has 0 radical (unpaired) electrons. The highest BCUT2D eigenvalue weighted by atomic mass is 16.1. The van der Waals surface area contributed by atoms with Gasteiger partial charge in [0.05, 0.1) is 18.2 Å². The van der Waals surface area contributed by atoms with Crippen molar-refractivity contribution in [2.24, 2.45) is 0 Å². The number of carbonyl (C=O) groups excluding carboxylic acids is 1. The topological polar surface area (TPSA) is 64.9 Å². The monoisotopic (exact) mass is 245 g/mol. The van der Waals surface area contributed by atoms with Crippen LogP contribution in [-0.4, -0.2) is 18.0 Å². The zero-order chi connectivity index (χ0) is 13.6. The van der Waals surface area contributed by atoms with Crippen molar-refractivity contribution in [3.8, 4) is 6.07 Å². The van der Waals surface area contributed by atoms with Crippen LogP contribution in [0.5, 0.6) is 0 Å². The fourth-order valence-corrected chi connectivity index (χ4v) is 1.31. The Labute approximate surface area is 108 Å². The second-order valence-electron chi connectivity index (χ2n) is 5.19. The smallest absolute Gasteiger partial charge is 0.234 e. The van der Waals surface area contributed by atoms with E-state index in [1.165, 1.54) is 0 Å². The largest absolute Gasteiger partial charge is 0.351 e. The molecule has 96 valence electrons. The molecule has 4 heteroatoms. The molecule has 0 saturated carbocycles. The highest BCUT2D eigenvalue weighted by Gasteiger charge is 2.10. The third-order valence-corrected chi connectivity index (χ3v) is 2.35. The summed E-state index contributed by atoms with van der Waals surface area (Å²) < 4.78 is 0. The van der Waals surface area contributed by atoms with Gasteiger partial charge in [-0.05, 0) is 38.5 Å². The van der Waals surface area contributed by atoms with Gasteiger partial charge in [0.25, 0.3) is 0 Å². The van der Waals surface area contributed by atoms with E-state index in [0.717, 1.165) is 5.56 Å². The van der Waals surface area contributed by atoms with Crippen LogP contribution in [-0.2, 0) is 11.3 Å². The number of hydrogen-bond donors (Lipinski definition) is 2. The number of amides is 1. The second-order valence-corrected chi connectivity index (χ2v) is 5.19. The van der Waals surface area contributed by atoms with E-state index in [4.69, 9.17) is 5.26 Å². The van der Waals surface area contributed by atoms with E-state index in [-0.39, 0.29) is 11.4 Å². The normalized spacial score (nSPS) is 10.8. The van der Waals surface area contributed by atoms with Gasteiger partial charge in [0.2, 0.25) is 5.91 Å². The predicted molar refractivity (Wildman–Crippen MR) is 70.8 cm³/mol. The number of benzene rings is 1. The number of carbonyl (C=O) groups is 1. The molecule has 0 aromatic heterocycles. The SMILES string of the molecule is CC(C)(C)NCC(=O)NCc1ccc(C#N)cc1. The van der Waals surface area contributed by atoms with Gasteiger partial charge in [-0.15, -0.1) is 0 Å². The van der Waals surface area contributed by atoms with Crippen LogP contribution in [0.2, 0.25) is 0 Å². The lowest BCUT2D eigenvalue weighted by Crippen LogP contribution is -2.43. The van der Waals surface area contributed by atoms with Gasteiger partial charge in [0.1, 0.15) is 0 Å². The van der Waals surface area contributed by atoms with E-state index < -0.39 is 0 Å². The number of hydrogen-bond acceptors (Lipinski definition) is 3. The van der Waals surface area contributed by atoms with Crippen LogP contribution in [0.3, 0.4) is 0 Å². The molecule has 0 unspecified atom stereocenters. The molecular weight excluding hydrogens is 226 g/mol. The Morgan fingerprint density at radius 3 is 2.39 bits per heavy atom. The molecule has 0 saturated heterocycles. The fourth-order valence-electron chi connectivity index (χ4n) is 1.31. The molecule has 2 N–H and O–H groups in total. The number of nitrogens with zero attached hydrogens (tertiary/aromatic N) is 1. The van der Waals surface area contributed by atoms with Gasteiger partial charge in [-0.3, -0.25) is 4.79 Å². The van der Waals surface area contributed by atoms with E-state index in [1.54, 1.807) is 12.1 Å². The van der Waals surface area contributed by atoms with Crippen molar-refractivity contribution in [2.75, 3.05) is 6.54 Å². The summed E-state index contributed by atoms with van der Waals surface area (Å²) in [4.78, 5) is 11.6. The molecule has 1 amide bonds. The van der Waals surface area contributed by atoms with Crippen LogP contribution in [0.1, 0.15) is 31.9 Å². The van der Waals surface area contributed by atoms with Crippen molar-refractivity contribution in [1.29, 1.82) is 5.26 Å². The van der Waals surface area contributed by atoms with Crippen LogP contribution in [0.25, 0.3) is 0 Å². The molecule has 0 aliphatic rings. The summed E-state index contributed by atoms with van der Waals surface area (Å²) in [5.41, 5.74) is 1.55. The van der Waals surface area contributed by atoms with Crippen LogP contribution < -0.4 is 10.6 Å². The summed E-state index contributed by atoms with van der Waals surface area (Å²) >= 11 is 0. The molecule has 0 atom stereocenters. The molecule has 0 aliphatic carbocycles. The molecule has 4 nitrogen and oxygen atoms in total. The Hall–Kier alpha value is -1.86. The van der Waals surface area contributed by atoms with Crippen molar-refractivity contribution >= 4 is 5.91 Å². The van der Waals surface area contributed by atoms with E-state index in [2.05, 4.69) is 16.7 Å². The third kappa shape index (κ3) is 5.46. The first-order chi connectivity index (χ1) is 8.40. The summed E-state index contributed by atoms with van der Waals surface area (Å²) in [5, 5.41) is 14.6. The minimum Gasteiger partial charge on any atom is -0.351 e.